The van der Waals surface area contributed by atoms with Gasteiger partial charge in [0.15, 0.2) is 11.7 Å². The van der Waals surface area contributed by atoms with Crippen molar-refractivity contribution in [2.24, 2.45) is 4.99 Å². The van der Waals surface area contributed by atoms with Gasteiger partial charge in [-0.25, -0.2) is 9.79 Å². The molecule has 1 aromatic rings. The maximum Gasteiger partial charge on any atom is 0.325 e. The highest BCUT2D eigenvalue weighted by atomic mass is 16.5. The third-order valence-electron chi connectivity index (χ3n) is 5.62. The summed E-state index contributed by atoms with van der Waals surface area (Å²) in [6.45, 7) is 12.0. The van der Waals surface area contributed by atoms with E-state index in [0.717, 1.165) is 30.8 Å². The molecule has 9 nitrogen and oxygen atoms in total. The van der Waals surface area contributed by atoms with Crippen molar-refractivity contribution < 1.29 is 14.1 Å². The van der Waals surface area contributed by atoms with Crippen molar-refractivity contribution in [1.82, 2.24) is 26.0 Å². The molecular formula is C21H36N6O3. The van der Waals surface area contributed by atoms with E-state index in [2.05, 4.69) is 39.9 Å². The zero-order valence-corrected chi connectivity index (χ0v) is 18.9. The third kappa shape index (κ3) is 5.73. The van der Waals surface area contributed by atoms with Crippen molar-refractivity contribution in [2.75, 3.05) is 19.6 Å². The van der Waals surface area contributed by atoms with Crippen molar-refractivity contribution in [3.63, 3.8) is 0 Å². The first-order chi connectivity index (χ1) is 14.4. The summed E-state index contributed by atoms with van der Waals surface area (Å²) in [6.07, 6.45) is 3.27. The molecule has 3 amide bonds. The zero-order valence-electron chi connectivity index (χ0n) is 18.9. The number of guanidine groups is 1. The van der Waals surface area contributed by atoms with E-state index in [1.807, 2.05) is 19.9 Å². The Kier molecular flexibility index (Phi) is 8.68. The molecule has 30 heavy (non-hydrogen) atoms. The van der Waals surface area contributed by atoms with Gasteiger partial charge in [0.2, 0.25) is 0 Å². The number of amides is 3. The van der Waals surface area contributed by atoms with Crippen LogP contribution in [0, 0.1) is 0 Å². The summed E-state index contributed by atoms with van der Waals surface area (Å²) in [5.41, 5.74) is 0.196. The number of rotatable bonds is 11. The number of nitrogens with zero attached hydrogens (tertiary/aromatic N) is 3. The van der Waals surface area contributed by atoms with E-state index in [0.29, 0.717) is 44.4 Å². The molecule has 3 N–H and O–H groups in total. The fourth-order valence-corrected chi connectivity index (χ4v) is 3.44. The van der Waals surface area contributed by atoms with Crippen molar-refractivity contribution in [1.29, 1.82) is 0 Å². The third-order valence-corrected chi connectivity index (χ3v) is 5.62. The molecule has 2 heterocycles. The topological polar surface area (TPSA) is 112 Å². The van der Waals surface area contributed by atoms with Crippen LogP contribution in [-0.2, 0) is 11.3 Å². The number of carbonyl (C=O) groups is 2. The lowest BCUT2D eigenvalue weighted by atomic mass is 9.99. The molecule has 168 valence electrons. The Bertz CT molecular complexity index is 743. The number of aromatic nitrogens is 1. The quantitative estimate of drug-likeness (QED) is 0.220. The van der Waals surface area contributed by atoms with E-state index < -0.39 is 5.54 Å². The second-order valence-corrected chi connectivity index (χ2v) is 7.78. The average molecular weight is 421 g/mol. The van der Waals surface area contributed by atoms with Crippen LogP contribution in [0.4, 0.5) is 4.79 Å². The molecule has 1 aromatic heterocycles. The van der Waals surface area contributed by atoms with Crippen LogP contribution in [0.2, 0.25) is 0 Å². The van der Waals surface area contributed by atoms with E-state index in [9.17, 15) is 9.59 Å². The molecule has 0 bridgehead atoms. The van der Waals surface area contributed by atoms with Gasteiger partial charge in [-0.15, -0.1) is 0 Å². The lowest BCUT2D eigenvalue weighted by Crippen LogP contribution is -2.43. The SMILES string of the molecule is CCNC(=NCc1cc(C(CC)CC)no1)NCCCN1C(=O)NC(C)(CC)C1=O. The molecule has 0 aromatic carbocycles. The highest BCUT2D eigenvalue weighted by Gasteiger charge is 2.45. The lowest BCUT2D eigenvalue weighted by molar-refractivity contribution is -0.130. The molecule has 0 radical (unpaired) electrons. The standard InChI is InChI=1S/C21H36N6O3/c1-6-15(7-2)17-13-16(30-26-17)14-24-19(22-9-4)23-11-10-12-27-18(28)21(5,8-3)25-20(27)29/h13,15H,6-12,14H2,1-5H3,(H,25,29)(H2,22,23,24). The van der Waals surface area contributed by atoms with Crippen molar-refractivity contribution in [3.05, 3.63) is 17.5 Å². The summed E-state index contributed by atoms with van der Waals surface area (Å²) >= 11 is 0. The number of aliphatic imine (C=N–C) groups is 1. The van der Waals surface area contributed by atoms with Gasteiger partial charge in [-0.05, 0) is 39.5 Å². The van der Waals surface area contributed by atoms with Crippen LogP contribution in [-0.4, -0.2) is 53.1 Å². The van der Waals surface area contributed by atoms with Gasteiger partial charge in [0.05, 0.1) is 5.69 Å². The molecule has 1 aliphatic heterocycles. The molecule has 1 unspecified atom stereocenters. The van der Waals surface area contributed by atoms with Crippen molar-refractivity contribution in [2.45, 2.75) is 78.3 Å². The van der Waals surface area contributed by atoms with Gasteiger partial charge in [-0.2, -0.15) is 0 Å². The number of imide groups is 1. The lowest BCUT2D eigenvalue weighted by Gasteiger charge is -2.19. The molecule has 1 aliphatic rings. The summed E-state index contributed by atoms with van der Waals surface area (Å²) in [5.74, 6) is 1.65. The van der Waals surface area contributed by atoms with Crippen molar-refractivity contribution >= 4 is 17.9 Å². The maximum atomic E-state index is 12.4. The van der Waals surface area contributed by atoms with Gasteiger partial charge in [-0.1, -0.05) is 25.9 Å². The number of carbonyl (C=O) groups excluding carboxylic acids is 2. The highest BCUT2D eigenvalue weighted by Crippen LogP contribution is 2.23. The second-order valence-electron chi connectivity index (χ2n) is 7.78. The van der Waals surface area contributed by atoms with E-state index in [1.54, 1.807) is 6.92 Å². The predicted molar refractivity (Wildman–Crippen MR) is 116 cm³/mol. The van der Waals surface area contributed by atoms with Crippen LogP contribution in [0.3, 0.4) is 0 Å². The molecule has 0 saturated carbocycles. The Morgan fingerprint density at radius 3 is 2.60 bits per heavy atom. The molecule has 1 saturated heterocycles. The second kappa shape index (κ2) is 11.0. The first kappa shape index (κ1) is 23.7. The molecule has 0 aliphatic carbocycles. The fraction of sp³-hybridized carbons (Fsp3) is 0.714. The Labute approximate surface area is 179 Å². The molecule has 1 atom stereocenters. The van der Waals surface area contributed by atoms with Crippen LogP contribution in [0.5, 0.6) is 0 Å². The Morgan fingerprint density at radius 1 is 1.27 bits per heavy atom. The summed E-state index contributed by atoms with van der Waals surface area (Å²) < 4.78 is 5.42. The van der Waals surface area contributed by atoms with Crippen LogP contribution >= 0.6 is 0 Å². The Hall–Kier alpha value is -2.58. The van der Waals surface area contributed by atoms with Gasteiger partial charge in [0.1, 0.15) is 12.1 Å². The summed E-state index contributed by atoms with van der Waals surface area (Å²) in [6, 6.07) is 1.66. The number of nitrogens with one attached hydrogen (secondary N) is 3. The van der Waals surface area contributed by atoms with Crippen LogP contribution in [0.15, 0.2) is 15.6 Å². The van der Waals surface area contributed by atoms with E-state index in [-0.39, 0.29) is 11.9 Å². The minimum Gasteiger partial charge on any atom is -0.359 e. The van der Waals surface area contributed by atoms with Gasteiger partial charge >= 0.3 is 6.03 Å². The predicted octanol–water partition coefficient (Wildman–Crippen LogP) is 2.74. The van der Waals surface area contributed by atoms with Crippen LogP contribution in [0.1, 0.15) is 77.7 Å². The molecule has 0 spiro atoms. The first-order valence-corrected chi connectivity index (χ1v) is 11.0. The normalized spacial score (nSPS) is 19.5. The van der Waals surface area contributed by atoms with Crippen molar-refractivity contribution in [3.8, 4) is 0 Å². The first-order valence-electron chi connectivity index (χ1n) is 11.0. The largest absolute Gasteiger partial charge is 0.359 e. The maximum absolute atomic E-state index is 12.4. The highest BCUT2D eigenvalue weighted by molar-refractivity contribution is 6.06. The monoisotopic (exact) mass is 420 g/mol. The molecule has 2 rings (SSSR count). The smallest absolute Gasteiger partial charge is 0.325 e. The van der Waals surface area contributed by atoms with E-state index >= 15 is 0 Å². The Balaban J connectivity index is 1.84. The van der Waals surface area contributed by atoms with E-state index in [1.165, 1.54) is 4.90 Å². The zero-order chi connectivity index (χ0) is 22.1. The minimum atomic E-state index is -0.786. The van der Waals surface area contributed by atoms with E-state index in [4.69, 9.17) is 4.52 Å². The van der Waals surface area contributed by atoms with Crippen LogP contribution < -0.4 is 16.0 Å². The number of hydrogen-bond acceptors (Lipinski definition) is 5. The Morgan fingerprint density at radius 2 is 2.00 bits per heavy atom. The molecule has 1 fully saturated rings. The summed E-state index contributed by atoms with van der Waals surface area (Å²) in [4.78, 5) is 30.3. The minimum absolute atomic E-state index is 0.158. The molecular weight excluding hydrogens is 384 g/mol. The fourth-order valence-electron chi connectivity index (χ4n) is 3.44. The number of urea groups is 1. The molecule has 9 heteroatoms. The average Bonchev–Trinajstić information content (AvgIpc) is 3.28. The van der Waals surface area contributed by atoms with Gasteiger partial charge in [0, 0.05) is 31.6 Å². The van der Waals surface area contributed by atoms with Gasteiger partial charge < -0.3 is 20.5 Å². The van der Waals surface area contributed by atoms with Gasteiger partial charge in [-0.3, -0.25) is 9.69 Å². The summed E-state index contributed by atoms with van der Waals surface area (Å²) in [5, 5.41) is 13.4. The van der Waals surface area contributed by atoms with Gasteiger partial charge in [0.25, 0.3) is 5.91 Å². The van der Waals surface area contributed by atoms with Crippen LogP contribution in [0.25, 0.3) is 0 Å². The summed E-state index contributed by atoms with van der Waals surface area (Å²) in [7, 11) is 0. The number of hydrogen-bond donors (Lipinski definition) is 3.